The van der Waals surface area contributed by atoms with Crippen LogP contribution in [0.15, 0.2) is 27.6 Å². The van der Waals surface area contributed by atoms with Crippen molar-refractivity contribution in [2.75, 3.05) is 18.0 Å². The summed E-state index contributed by atoms with van der Waals surface area (Å²) in [4.78, 5) is 14.5. The Morgan fingerprint density at radius 2 is 1.95 bits per heavy atom. The van der Waals surface area contributed by atoms with Crippen LogP contribution < -0.4 is 10.3 Å². The highest BCUT2D eigenvalue weighted by atomic mass is 35.5. The molecule has 1 aliphatic heterocycles. The Bertz CT molecular complexity index is 674. The molecule has 0 atom stereocenters. The summed E-state index contributed by atoms with van der Waals surface area (Å²) in [6.45, 7) is 1.73. The molecule has 1 aliphatic rings. The summed E-state index contributed by atoms with van der Waals surface area (Å²) >= 11 is 6.04. The Balaban J connectivity index is 2.17. The number of piperidine rings is 1. The number of halogens is 1. The predicted octanol–water partition coefficient (Wildman–Crippen LogP) is 3.14. The minimum Gasteiger partial charge on any atom is -0.508 e. The van der Waals surface area contributed by atoms with Crippen molar-refractivity contribution in [1.29, 1.82) is 0 Å². The fraction of sp³-hybridized carbons (Fsp3) is 0.357. The molecular weight excluding hydrogens is 266 g/mol. The van der Waals surface area contributed by atoms with Gasteiger partial charge in [0, 0.05) is 19.2 Å². The molecule has 5 heteroatoms. The monoisotopic (exact) mass is 279 g/mol. The zero-order valence-electron chi connectivity index (χ0n) is 10.4. The number of nitrogens with zero attached hydrogens (tertiary/aromatic N) is 1. The number of hydrogen-bond donors (Lipinski definition) is 1. The molecule has 0 saturated carbocycles. The van der Waals surface area contributed by atoms with E-state index in [-0.39, 0.29) is 16.2 Å². The minimum absolute atomic E-state index is 0.00799. The molecule has 1 aromatic carbocycles. The van der Waals surface area contributed by atoms with Gasteiger partial charge in [0.25, 0.3) is 0 Å². The van der Waals surface area contributed by atoms with Crippen molar-refractivity contribution in [2.45, 2.75) is 19.3 Å². The lowest BCUT2D eigenvalue weighted by Gasteiger charge is -2.27. The molecule has 0 spiro atoms. The molecule has 0 aliphatic carbocycles. The van der Waals surface area contributed by atoms with Crippen LogP contribution in [0.2, 0.25) is 5.02 Å². The highest BCUT2D eigenvalue weighted by Gasteiger charge is 2.18. The highest BCUT2D eigenvalue weighted by Crippen LogP contribution is 2.28. The van der Waals surface area contributed by atoms with E-state index in [1.54, 1.807) is 0 Å². The van der Waals surface area contributed by atoms with Crippen molar-refractivity contribution in [1.82, 2.24) is 0 Å². The average Bonchev–Trinajstić information content (AvgIpc) is 2.39. The van der Waals surface area contributed by atoms with Gasteiger partial charge in [0.2, 0.25) is 5.43 Å². The Hall–Kier alpha value is -1.68. The first kappa shape index (κ1) is 12.4. The van der Waals surface area contributed by atoms with Gasteiger partial charge in [-0.15, -0.1) is 0 Å². The van der Waals surface area contributed by atoms with Crippen molar-refractivity contribution in [3.63, 3.8) is 0 Å². The maximum Gasteiger partial charge on any atom is 0.217 e. The third-order valence-electron chi connectivity index (χ3n) is 3.49. The molecular formula is C14H14ClNO3. The lowest BCUT2D eigenvalue weighted by Crippen LogP contribution is -2.33. The quantitative estimate of drug-likeness (QED) is 0.871. The van der Waals surface area contributed by atoms with Crippen LogP contribution in [0.25, 0.3) is 11.0 Å². The molecule has 1 fully saturated rings. The fourth-order valence-corrected chi connectivity index (χ4v) is 2.83. The Morgan fingerprint density at radius 3 is 2.68 bits per heavy atom. The van der Waals surface area contributed by atoms with Crippen molar-refractivity contribution in [3.8, 4) is 5.75 Å². The summed E-state index contributed by atoms with van der Waals surface area (Å²) in [6.07, 6.45) is 4.83. The van der Waals surface area contributed by atoms with Crippen molar-refractivity contribution in [3.05, 3.63) is 33.6 Å². The molecule has 0 unspecified atom stereocenters. The van der Waals surface area contributed by atoms with Crippen molar-refractivity contribution >= 4 is 28.3 Å². The molecule has 1 N–H and O–H groups in total. The van der Waals surface area contributed by atoms with E-state index in [4.69, 9.17) is 16.0 Å². The summed E-state index contributed by atoms with van der Waals surface area (Å²) in [5.41, 5.74) is 0.740. The maximum absolute atomic E-state index is 12.5. The maximum atomic E-state index is 12.5. The van der Waals surface area contributed by atoms with Gasteiger partial charge < -0.3 is 14.4 Å². The number of phenolic OH excluding ortho intramolecular Hbond substituents is 1. The molecule has 0 radical (unpaired) electrons. The van der Waals surface area contributed by atoms with E-state index >= 15 is 0 Å². The van der Waals surface area contributed by atoms with Gasteiger partial charge in [0.1, 0.15) is 23.3 Å². The number of hydrogen-bond acceptors (Lipinski definition) is 4. The molecule has 4 nitrogen and oxygen atoms in total. The highest BCUT2D eigenvalue weighted by molar-refractivity contribution is 6.35. The number of fused-ring (bicyclic) bond motifs is 1. The van der Waals surface area contributed by atoms with E-state index in [2.05, 4.69) is 0 Å². The van der Waals surface area contributed by atoms with Gasteiger partial charge in [-0.2, -0.15) is 0 Å². The van der Waals surface area contributed by atoms with Gasteiger partial charge in [-0.25, -0.2) is 0 Å². The summed E-state index contributed by atoms with van der Waals surface area (Å²) in [5, 5.41) is 10.0. The third kappa shape index (κ3) is 2.16. The van der Waals surface area contributed by atoms with E-state index in [0.717, 1.165) is 25.9 Å². The van der Waals surface area contributed by atoms with Crippen LogP contribution in [0.5, 0.6) is 5.75 Å². The van der Waals surface area contributed by atoms with Crippen molar-refractivity contribution < 1.29 is 9.52 Å². The van der Waals surface area contributed by atoms with Gasteiger partial charge >= 0.3 is 0 Å². The van der Waals surface area contributed by atoms with E-state index in [1.165, 1.54) is 24.8 Å². The molecule has 3 rings (SSSR count). The second-order valence-corrected chi connectivity index (χ2v) is 5.21. The van der Waals surface area contributed by atoms with Crippen LogP contribution >= 0.6 is 11.6 Å². The zero-order chi connectivity index (χ0) is 13.4. The molecule has 1 aromatic heterocycles. The lowest BCUT2D eigenvalue weighted by atomic mass is 10.1. The Morgan fingerprint density at radius 1 is 1.21 bits per heavy atom. The molecule has 2 aromatic rings. The number of phenols is 1. The molecule has 19 heavy (non-hydrogen) atoms. The van der Waals surface area contributed by atoms with E-state index < -0.39 is 0 Å². The van der Waals surface area contributed by atoms with Crippen LogP contribution in [-0.4, -0.2) is 18.2 Å². The Kier molecular flexibility index (Phi) is 3.11. The summed E-state index contributed by atoms with van der Waals surface area (Å²) in [5.74, 6) is -0.00799. The predicted molar refractivity (Wildman–Crippen MR) is 75.2 cm³/mol. The van der Waals surface area contributed by atoms with Gasteiger partial charge in [-0.05, 0) is 25.3 Å². The minimum atomic E-state index is -0.131. The smallest absolute Gasteiger partial charge is 0.217 e. The first-order valence-electron chi connectivity index (χ1n) is 6.36. The van der Waals surface area contributed by atoms with Gasteiger partial charge in [0.15, 0.2) is 0 Å². The fourth-order valence-electron chi connectivity index (χ4n) is 2.53. The number of aromatic hydroxyl groups is 1. The molecule has 0 amide bonds. The second kappa shape index (κ2) is 4.78. The normalized spacial score (nSPS) is 15.9. The molecule has 1 saturated heterocycles. The van der Waals surface area contributed by atoms with Gasteiger partial charge in [-0.3, -0.25) is 4.79 Å². The number of rotatable bonds is 1. The Labute approximate surface area is 115 Å². The van der Waals surface area contributed by atoms with Crippen LogP contribution in [0, 0.1) is 0 Å². The standard InChI is InChI=1S/C14H14ClNO3/c15-10-6-9(17)7-12-13(10)14(18)11(8-19-12)16-4-2-1-3-5-16/h6-8,17H,1-5H2. The van der Waals surface area contributed by atoms with E-state index in [9.17, 15) is 9.90 Å². The summed E-state index contributed by atoms with van der Waals surface area (Å²) in [6, 6.07) is 2.77. The van der Waals surface area contributed by atoms with Crippen LogP contribution in [0.4, 0.5) is 5.69 Å². The summed E-state index contributed by atoms with van der Waals surface area (Å²) in [7, 11) is 0. The lowest BCUT2D eigenvalue weighted by molar-refractivity contribution is 0.474. The number of anilines is 1. The first-order valence-corrected chi connectivity index (χ1v) is 6.73. The third-order valence-corrected chi connectivity index (χ3v) is 3.79. The number of benzene rings is 1. The summed E-state index contributed by atoms with van der Waals surface area (Å²) < 4.78 is 5.45. The molecule has 0 bridgehead atoms. The van der Waals surface area contributed by atoms with Crippen LogP contribution in [0.3, 0.4) is 0 Å². The van der Waals surface area contributed by atoms with Crippen molar-refractivity contribution in [2.24, 2.45) is 0 Å². The topological polar surface area (TPSA) is 53.7 Å². The van der Waals surface area contributed by atoms with E-state index in [1.807, 2.05) is 4.90 Å². The second-order valence-electron chi connectivity index (χ2n) is 4.80. The van der Waals surface area contributed by atoms with Gasteiger partial charge in [0.05, 0.1) is 10.4 Å². The van der Waals surface area contributed by atoms with Gasteiger partial charge in [-0.1, -0.05) is 11.6 Å². The molecule has 100 valence electrons. The molecule has 2 heterocycles. The van der Waals surface area contributed by atoms with Crippen LogP contribution in [0.1, 0.15) is 19.3 Å². The SMILES string of the molecule is O=c1c(N2CCCCC2)coc2cc(O)cc(Cl)c12. The van der Waals surface area contributed by atoms with E-state index in [0.29, 0.717) is 16.7 Å². The average molecular weight is 280 g/mol. The van der Waals surface area contributed by atoms with Crippen LogP contribution in [-0.2, 0) is 0 Å². The largest absolute Gasteiger partial charge is 0.508 e. The zero-order valence-corrected chi connectivity index (χ0v) is 11.1. The first-order chi connectivity index (χ1) is 9.16.